The number of ether oxygens (including phenoxy) is 1. The summed E-state index contributed by atoms with van der Waals surface area (Å²) in [5, 5.41) is 16.8. The van der Waals surface area contributed by atoms with Crippen molar-refractivity contribution in [3.8, 4) is 5.75 Å². The van der Waals surface area contributed by atoms with Crippen LogP contribution in [0.4, 0.5) is 0 Å². The third kappa shape index (κ3) is 3.59. The Bertz CT molecular complexity index is 618. The van der Waals surface area contributed by atoms with Crippen molar-refractivity contribution in [2.24, 2.45) is 0 Å². The number of hydrogen-bond donors (Lipinski definition) is 1. The van der Waals surface area contributed by atoms with Gasteiger partial charge in [0, 0.05) is 0 Å². The van der Waals surface area contributed by atoms with Gasteiger partial charge in [-0.15, -0.1) is 5.10 Å². The van der Waals surface area contributed by atoms with Crippen molar-refractivity contribution in [1.29, 1.82) is 0 Å². The van der Waals surface area contributed by atoms with E-state index in [4.69, 9.17) is 9.84 Å². The van der Waals surface area contributed by atoms with E-state index in [9.17, 15) is 4.79 Å². The average Bonchev–Trinajstić information content (AvgIpc) is 2.85. The number of nitrogens with zero attached hydrogens (tertiary/aromatic N) is 3. The number of hydrogen-bond acceptors (Lipinski definition) is 4. The van der Waals surface area contributed by atoms with Gasteiger partial charge in [-0.3, -0.25) is 0 Å². The van der Waals surface area contributed by atoms with Crippen molar-refractivity contribution in [2.45, 2.75) is 33.2 Å². The lowest BCUT2D eigenvalue weighted by Gasteiger charge is -2.11. The summed E-state index contributed by atoms with van der Waals surface area (Å²) < 4.78 is 7.23. The van der Waals surface area contributed by atoms with Crippen LogP contribution in [-0.2, 0) is 6.54 Å². The van der Waals surface area contributed by atoms with E-state index < -0.39 is 5.97 Å². The molecule has 21 heavy (non-hydrogen) atoms. The maximum absolute atomic E-state index is 11.1. The topological polar surface area (TPSA) is 77.2 Å². The van der Waals surface area contributed by atoms with Gasteiger partial charge >= 0.3 is 5.97 Å². The maximum atomic E-state index is 11.1. The fraction of sp³-hybridized carbons (Fsp3) is 0.400. The summed E-state index contributed by atoms with van der Waals surface area (Å²) in [4.78, 5) is 11.1. The fourth-order valence-electron chi connectivity index (χ4n) is 2.09. The van der Waals surface area contributed by atoms with E-state index in [1.807, 2.05) is 45.0 Å². The molecule has 0 fully saturated rings. The molecule has 0 atom stereocenters. The van der Waals surface area contributed by atoms with Crippen molar-refractivity contribution in [3.05, 3.63) is 41.2 Å². The Labute approximate surface area is 123 Å². The van der Waals surface area contributed by atoms with Gasteiger partial charge in [0.05, 0.1) is 12.2 Å². The van der Waals surface area contributed by atoms with Gasteiger partial charge in [0.15, 0.2) is 5.69 Å². The summed E-state index contributed by atoms with van der Waals surface area (Å²) in [6.45, 7) is 6.72. The van der Waals surface area contributed by atoms with Crippen LogP contribution in [0.15, 0.2) is 24.3 Å². The molecule has 0 aliphatic carbocycles. The van der Waals surface area contributed by atoms with Crippen LogP contribution < -0.4 is 4.74 Å². The molecule has 0 bridgehead atoms. The first kappa shape index (κ1) is 15.0. The second-order valence-corrected chi connectivity index (χ2v) is 5.17. The monoisotopic (exact) mass is 289 g/mol. The molecule has 1 aromatic heterocycles. The fourth-order valence-corrected chi connectivity index (χ4v) is 2.09. The van der Waals surface area contributed by atoms with Crippen LogP contribution in [0.1, 0.15) is 41.5 Å². The maximum Gasteiger partial charge on any atom is 0.358 e. The number of benzene rings is 1. The predicted molar refractivity (Wildman–Crippen MR) is 77.7 cm³/mol. The highest BCUT2D eigenvalue weighted by atomic mass is 16.5. The zero-order valence-electron chi connectivity index (χ0n) is 12.4. The van der Waals surface area contributed by atoms with E-state index in [0.717, 1.165) is 5.75 Å². The zero-order valence-corrected chi connectivity index (χ0v) is 12.4. The second kappa shape index (κ2) is 6.39. The molecule has 1 heterocycles. The molecule has 1 N–H and O–H groups in total. The third-order valence-electron chi connectivity index (χ3n) is 3.12. The lowest BCUT2D eigenvalue weighted by Crippen LogP contribution is -2.14. The molecule has 0 saturated carbocycles. The highest BCUT2D eigenvalue weighted by Gasteiger charge is 2.21. The number of aromatic carboxylic acids is 1. The summed E-state index contributed by atoms with van der Waals surface area (Å²) in [6, 6.07) is 7.77. The Kier molecular flexibility index (Phi) is 4.57. The smallest absolute Gasteiger partial charge is 0.358 e. The van der Waals surface area contributed by atoms with Crippen LogP contribution in [-0.4, -0.2) is 32.7 Å². The number of carboxylic acid groups (broad SMARTS) is 1. The highest BCUT2D eigenvalue weighted by molar-refractivity contribution is 5.86. The highest BCUT2D eigenvalue weighted by Crippen LogP contribution is 2.18. The molecule has 1 aromatic carbocycles. The van der Waals surface area contributed by atoms with E-state index in [1.54, 1.807) is 4.68 Å². The molecular weight excluding hydrogens is 270 g/mol. The van der Waals surface area contributed by atoms with Gasteiger partial charge in [-0.1, -0.05) is 36.8 Å². The Morgan fingerprint density at radius 2 is 2.00 bits per heavy atom. The van der Waals surface area contributed by atoms with E-state index in [-0.39, 0.29) is 11.6 Å². The zero-order chi connectivity index (χ0) is 15.4. The number of rotatable bonds is 6. The molecule has 6 heteroatoms. The molecule has 0 aliphatic rings. The van der Waals surface area contributed by atoms with Crippen LogP contribution in [0.3, 0.4) is 0 Å². The molecule has 2 aromatic rings. The van der Waals surface area contributed by atoms with Crippen LogP contribution in [0.5, 0.6) is 5.75 Å². The summed E-state index contributed by atoms with van der Waals surface area (Å²) in [5.41, 5.74) is 1.81. The van der Waals surface area contributed by atoms with E-state index >= 15 is 0 Å². The first-order chi connectivity index (χ1) is 9.99. The van der Waals surface area contributed by atoms with Gasteiger partial charge in [-0.2, -0.15) is 0 Å². The Balaban J connectivity index is 2.03. The largest absolute Gasteiger partial charge is 0.492 e. The average molecular weight is 289 g/mol. The first-order valence-electron chi connectivity index (χ1n) is 6.85. The standard InChI is InChI=1S/C15H19N3O3/c1-10(2)14-13(15(19)20)16-17-18(14)8-9-21-12-6-4-11(3)5-7-12/h4-7,10H,8-9H2,1-3H3,(H,19,20). The predicted octanol–water partition coefficient (Wildman–Crippen LogP) is 2.49. The minimum Gasteiger partial charge on any atom is -0.492 e. The van der Waals surface area contributed by atoms with Gasteiger partial charge in [0.2, 0.25) is 0 Å². The quantitative estimate of drug-likeness (QED) is 0.884. The van der Waals surface area contributed by atoms with Crippen molar-refractivity contribution < 1.29 is 14.6 Å². The summed E-state index contributed by atoms with van der Waals surface area (Å²) >= 11 is 0. The molecule has 112 valence electrons. The molecule has 6 nitrogen and oxygen atoms in total. The summed E-state index contributed by atoms with van der Waals surface area (Å²) in [6.07, 6.45) is 0. The molecule has 0 aliphatic heterocycles. The minimum atomic E-state index is -1.05. The second-order valence-electron chi connectivity index (χ2n) is 5.17. The van der Waals surface area contributed by atoms with Crippen molar-refractivity contribution in [2.75, 3.05) is 6.61 Å². The molecule has 0 amide bonds. The van der Waals surface area contributed by atoms with Gasteiger partial charge < -0.3 is 9.84 Å². The lowest BCUT2D eigenvalue weighted by atomic mass is 10.1. The van der Waals surface area contributed by atoms with Crippen molar-refractivity contribution in [3.63, 3.8) is 0 Å². The number of aromatic nitrogens is 3. The lowest BCUT2D eigenvalue weighted by molar-refractivity contribution is 0.0688. The van der Waals surface area contributed by atoms with Gasteiger partial charge in [-0.25, -0.2) is 9.48 Å². The molecule has 0 spiro atoms. The van der Waals surface area contributed by atoms with Gasteiger partial charge in [-0.05, 0) is 25.0 Å². The number of carbonyl (C=O) groups is 1. The van der Waals surface area contributed by atoms with Crippen molar-refractivity contribution >= 4 is 5.97 Å². The van der Waals surface area contributed by atoms with Crippen LogP contribution in [0, 0.1) is 6.92 Å². The molecule has 0 radical (unpaired) electrons. The van der Waals surface area contributed by atoms with Crippen LogP contribution in [0.25, 0.3) is 0 Å². The number of aryl methyl sites for hydroxylation is 1. The first-order valence-corrected chi connectivity index (χ1v) is 6.85. The normalized spacial score (nSPS) is 10.9. The number of carboxylic acids is 1. The van der Waals surface area contributed by atoms with Crippen LogP contribution >= 0.6 is 0 Å². The van der Waals surface area contributed by atoms with Gasteiger partial charge in [0.1, 0.15) is 12.4 Å². The van der Waals surface area contributed by atoms with Gasteiger partial charge in [0.25, 0.3) is 0 Å². The molecule has 0 unspecified atom stereocenters. The van der Waals surface area contributed by atoms with E-state index in [2.05, 4.69) is 10.3 Å². The van der Waals surface area contributed by atoms with Crippen LogP contribution in [0.2, 0.25) is 0 Å². The third-order valence-corrected chi connectivity index (χ3v) is 3.12. The Morgan fingerprint density at radius 1 is 1.33 bits per heavy atom. The Hall–Kier alpha value is -2.37. The molecule has 0 saturated heterocycles. The summed E-state index contributed by atoms with van der Waals surface area (Å²) in [5.74, 6) is -0.236. The van der Waals surface area contributed by atoms with Crippen molar-refractivity contribution in [1.82, 2.24) is 15.0 Å². The van der Waals surface area contributed by atoms with E-state index in [0.29, 0.717) is 18.8 Å². The van der Waals surface area contributed by atoms with E-state index in [1.165, 1.54) is 5.56 Å². The Morgan fingerprint density at radius 3 is 2.57 bits per heavy atom. The molecule has 2 rings (SSSR count). The minimum absolute atomic E-state index is 0.0142. The summed E-state index contributed by atoms with van der Waals surface area (Å²) in [7, 11) is 0. The molecular formula is C15H19N3O3. The SMILES string of the molecule is Cc1ccc(OCCn2nnc(C(=O)O)c2C(C)C)cc1.